The van der Waals surface area contributed by atoms with Crippen LogP contribution in [0.1, 0.15) is 36.3 Å². The molecule has 1 heterocycles. The Balaban J connectivity index is 1.85. The summed E-state index contributed by atoms with van der Waals surface area (Å²) in [5.74, 6) is 0.494. The molecule has 7 heteroatoms. The van der Waals surface area contributed by atoms with Gasteiger partial charge in [-0.3, -0.25) is 15.1 Å². The lowest BCUT2D eigenvalue weighted by Gasteiger charge is -2.42. The topological polar surface area (TPSA) is 82.9 Å². The lowest BCUT2D eigenvalue weighted by molar-refractivity contribution is -0.116. The van der Waals surface area contributed by atoms with Gasteiger partial charge in [-0.15, -0.1) is 0 Å². The maximum Gasteiger partial charge on any atom is 0.161 e. The Morgan fingerprint density at radius 2 is 1.68 bits per heavy atom. The molecule has 1 atom stereocenters. The molecule has 5 rings (SSSR count). The van der Waals surface area contributed by atoms with E-state index in [2.05, 4.69) is 0 Å². The molecule has 0 aromatic heterocycles. The number of methoxy groups -OCH3 is 2. The van der Waals surface area contributed by atoms with Gasteiger partial charge in [-0.05, 0) is 55.3 Å². The van der Waals surface area contributed by atoms with Gasteiger partial charge in [0.2, 0.25) is 0 Å². The van der Waals surface area contributed by atoms with Crippen LogP contribution in [0.3, 0.4) is 0 Å². The van der Waals surface area contributed by atoms with Crippen molar-refractivity contribution >= 4 is 34.7 Å². The maximum atomic E-state index is 13.6. The van der Waals surface area contributed by atoms with Crippen molar-refractivity contribution in [1.29, 1.82) is 5.41 Å². The van der Waals surface area contributed by atoms with E-state index in [-0.39, 0.29) is 17.4 Å². The molecule has 37 heavy (non-hydrogen) atoms. The summed E-state index contributed by atoms with van der Waals surface area (Å²) in [5, 5.41) is 21.6. The smallest absolute Gasteiger partial charge is 0.161 e. The summed E-state index contributed by atoms with van der Waals surface area (Å²) in [4.78, 5) is 15.3. The third kappa shape index (κ3) is 4.27. The zero-order valence-electron chi connectivity index (χ0n) is 20.6. The van der Waals surface area contributed by atoms with E-state index in [4.69, 9.17) is 21.1 Å². The van der Waals surface area contributed by atoms with E-state index in [9.17, 15) is 15.3 Å². The first-order chi connectivity index (χ1) is 18.0. The molecular formula is C30H27ClN2O4. The fraction of sp³-hybridized carbons (Fsp3) is 0.200. The molecule has 0 bridgehead atoms. The van der Waals surface area contributed by atoms with Crippen LogP contribution in [-0.4, -0.2) is 30.9 Å². The number of halogens is 1. The first-order valence-corrected chi connectivity index (χ1v) is 12.4. The van der Waals surface area contributed by atoms with Crippen LogP contribution in [0.25, 0.3) is 5.76 Å². The molecule has 0 amide bonds. The third-order valence-electron chi connectivity index (χ3n) is 6.92. The largest absolute Gasteiger partial charge is 0.507 e. The number of hydrogen-bond acceptors (Lipinski definition) is 5. The van der Waals surface area contributed by atoms with Gasteiger partial charge in [0.05, 0.1) is 30.8 Å². The van der Waals surface area contributed by atoms with Crippen molar-refractivity contribution in [2.24, 2.45) is 0 Å². The summed E-state index contributed by atoms with van der Waals surface area (Å²) in [6.45, 7) is 0. The summed E-state index contributed by atoms with van der Waals surface area (Å²) in [6, 6.07) is 21.7. The van der Waals surface area contributed by atoms with E-state index in [0.29, 0.717) is 63.7 Å². The van der Waals surface area contributed by atoms with Crippen LogP contribution in [0.2, 0.25) is 5.02 Å². The van der Waals surface area contributed by atoms with Gasteiger partial charge < -0.3 is 14.6 Å². The van der Waals surface area contributed by atoms with Crippen LogP contribution >= 0.6 is 11.6 Å². The highest BCUT2D eigenvalue weighted by molar-refractivity contribution is 6.34. The van der Waals surface area contributed by atoms with Gasteiger partial charge in [0, 0.05) is 34.4 Å². The Morgan fingerprint density at radius 3 is 2.38 bits per heavy atom. The Morgan fingerprint density at radius 1 is 0.973 bits per heavy atom. The number of anilines is 1. The molecule has 1 aliphatic carbocycles. The minimum atomic E-state index is -0.688. The number of ether oxygens (including phenoxy) is 2. The quantitative estimate of drug-likeness (QED) is 0.361. The second-order valence-corrected chi connectivity index (χ2v) is 9.35. The van der Waals surface area contributed by atoms with Gasteiger partial charge in [-0.25, -0.2) is 0 Å². The average molecular weight is 515 g/mol. The molecule has 2 N–H and O–H groups in total. The summed E-state index contributed by atoms with van der Waals surface area (Å²) in [7, 11) is 3.15. The monoisotopic (exact) mass is 514 g/mol. The number of ketones is 1. The number of aliphatic hydroxyl groups excluding tert-OH is 1. The van der Waals surface area contributed by atoms with Crippen molar-refractivity contribution in [3.05, 3.63) is 106 Å². The van der Waals surface area contributed by atoms with E-state index < -0.39 is 5.92 Å². The van der Waals surface area contributed by atoms with Gasteiger partial charge >= 0.3 is 0 Å². The number of aliphatic hydroxyl groups is 1. The lowest BCUT2D eigenvalue weighted by atomic mass is 9.73. The van der Waals surface area contributed by atoms with Crippen LogP contribution in [0, 0.1) is 5.41 Å². The molecule has 1 aliphatic heterocycles. The average Bonchev–Trinajstić information content (AvgIpc) is 2.93. The first-order valence-electron chi connectivity index (χ1n) is 12.1. The van der Waals surface area contributed by atoms with Gasteiger partial charge in [-0.1, -0.05) is 41.9 Å². The molecule has 0 radical (unpaired) electrons. The Bertz CT molecular complexity index is 1440. The minimum Gasteiger partial charge on any atom is -0.507 e. The number of benzene rings is 3. The predicted molar refractivity (Wildman–Crippen MR) is 146 cm³/mol. The van der Waals surface area contributed by atoms with Gasteiger partial charge in [0.15, 0.2) is 5.78 Å². The number of hydrogen-bond donors (Lipinski definition) is 2. The van der Waals surface area contributed by atoms with E-state index in [1.165, 1.54) is 0 Å². The second kappa shape index (κ2) is 10.1. The molecule has 1 unspecified atom stereocenters. The summed E-state index contributed by atoms with van der Waals surface area (Å²) >= 11 is 6.61. The first kappa shape index (κ1) is 24.7. The highest BCUT2D eigenvalue weighted by Gasteiger charge is 2.44. The zero-order valence-corrected chi connectivity index (χ0v) is 21.4. The Hall–Kier alpha value is -4.03. The number of amidine groups is 1. The molecule has 188 valence electrons. The summed E-state index contributed by atoms with van der Waals surface area (Å²) in [5.41, 5.74) is 3.41. The molecule has 0 saturated heterocycles. The van der Waals surface area contributed by atoms with Crippen molar-refractivity contribution in [2.75, 3.05) is 19.1 Å². The standard InChI is InChI=1S/C30H27ClN2O4/c1-36-19-16-14-18(15-17-19)29(35)28-26(20-8-3-6-13-25(20)37-2)27-23(11-7-12-24(27)34)33(30(28)32)22-10-5-4-9-21(22)31/h3-6,8-10,13-17,26,32,35H,7,11-12H2,1-2H3/b29-28+,32-30?. The van der Waals surface area contributed by atoms with E-state index in [0.717, 1.165) is 5.70 Å². The van der Waals surface area contributed by atoms with Crippen molar-refractivity contribution in [1.82, 2.24) is 0 Å². The minimum absolute atomic E-state index is 0.0123. The van der Waals surface area contributed by atoms with Crippen LogP contribution in [0.5, 0.6) is 11.5 Å². The van der Waals surface area contributed by atoms with Gasteiger partial charge in [0.1, 0.15) is 23.1 Å². The maximum absolute atomic E-state index is 13.6. The SMILES string of the molecule is COc1ccc(/C(O)=C2\C(=N)N(c3ccccc3Cl)C3=C(C(=O)CCC3)C2c2ccccc2OC)cc1. The Labute approximate surface area is 220 Å². The van der Waals surface area contributed by atoms with Crippen molar-refractivity contribution in [3.63, 3.8) is 0 Å². The molecule has 2 aliphatic rings. The molecule has 0 fully saturated rings. The number of nitrogens with one attached hydrogen (secondary N) is 1. The lowest BCUT2D eigenvalue weighted by Crippen LogP contribution is -2.42. The molecule has 0 spiro atoms. The molecule has 3 aromatic carbocycles. The summed E-state index contributed by atoms with van der Waals surface area (Å²) < 4.78 is 11.0. The zero-order chi connectivity index (χ0) is 26.1. The van der Waals surface area contributed by atoms with Crippen LogP contribution < -0.4 is 14.4 Å². The summed E-state index contributed by atoms with van der Waals surface area (Å²) in [6.07, 6.45) is 1.68. The molecule has 3 aromatic rings. The van der Waals surface area contributed by atoms with Crippen molar-refractivity contribution in [2.45, 2.75) is 25.2 Å². The number of carbonyl (C=O) groups is 1. The number of nitrogens with zero attached hydrogens (tertiary/aromatic N) is 1. The fourth-order valence-electron chi connectivity index (χ4n) is 5.21. The van der Waals surface area contributed by atoms with Crippen LogP contribution in [-0.2, 0) is 4.79 Å². The molecule has 6 nitrogen and oxygen atoms in total. The fourth-order valence-corrected chi connectivity index (χ4v) is 5.43. The predicted octanol–water partition coefficient (Wildman–Crippen LogP) is 6.91. The van der Waals surface area contributed by atoms with E-state index >= 15 is 0 Å². The number of allylic oxidation sites excluding steroid dienone is 2. The number of rotatable bonds is 5. The number of Topliss-reactive ketones (excluding diaryl/α,β-unsaturated/α-hetero) is 1. The van der Waals surface area contributed by atoms with Crippen molar-refractivity contribution in [3.8, 4) is 11.5 Å². The van der Waals surface area contributed by atoms with Crippen LogP contribution in [0.15, 0.2) is 89.6 Å². The Kier molecular flexibility index (Phi) is 6.76. The normalized spacial score (nSPS) is 19.0. The van der Waals surface area contributed by atoms with E-state index in [1.807, 2.05) is 42.5 Å². The third-order valence-corrected chi connectivity index (χ3v) is 7.24. The highest BCUT2D eigenvalue weighted by Crippen LogP contribution is 2.50. The highest BCUT2D eigenvalue weighted by atomic mass is 35.5. The van der Waals surface area contributed by atoms with Gasteiger partial charge in [0.25, 0.3) is 0 Å². The molecule has 0 saturated carbocycles. The van der Waals surface area contributed by atoms with Gasteiger partial charge in [-0.2, -0.15) is 0 Å². The van der Waals surface area contributed by atoms with Crippen LogP contribution in [0.4, 0.5) is 5.69 Å². The molecular weight excluding hydrogens is 488 g/mol. The second-order valence-electron chi connectivity index (χ2n) is 8.94. The van der Waals surface area contributed by atoms with E-state index in [1.54, 1.807) is 49.5 Å². The number of para-hydroxylation sites is 2. The number of carbonyl (C=O) groups excluding carboxylic acids is 1. The van der Waals surface area contributed by atoms with Crippen molar-refractivity contribution < 1.29 is 19.4 Å².